The monoisotopic (exact) mass is 239 g/mol. The number of alkyl halides is 2. The maximum Gasteiger partial charge on any atom is 0.272 e. The predicted molar refractivity (Wildman–Crippen MR) is 63.4 cm³/mol. The van der Waals surface area contributed by atoms with Crippen LogP contribution in [0.25, 0.3) is 5.57 Å². The number of benzene rings is 1. The highest BCUT2D eigenvalue weighted by Crippen LogP contribution is 2.22. The maximum absolute atomic E-state index is 11.9. The fourth-order valence-electron chi connectivity index (χ4n) is 1.81. The van der Waals surface area contributed by atoms with Gasteiger partial charge in [-0.25, -0.2) is 8.78 Å². The van der Waals surface area contributed by atoms with Gasteiger partial charge in [-0.15, -0.1) is 0 Å². The lowest BCUT2D eigenvalue weighted by Crippen LogP contribution is -2.19. The highest BCUT2D eigenvalue weighted by molar-refractivity contribution is 5.67. The van der Waals surface area contributed by atoms with E-state index in [9.17, 15) is 8.78 Å². The van der Waals surface area contributed by atoms with Crippen LogP contribution >= 0.6 is 0 Å². The Hall–Kier alpha value is -1.42. The Morgan fingerprint density at radius 1 is 1.24 bits per heavy atom. The van der Waals surface area contributed by atoms with E-state index >= 15 is 0 Å². The van der Waals surface area contributed by atoms with Crippen LogP contribution in [0.5, 0.6) is 5.75 Å². The van der Waals surface area contributed by atoms with Gasteiger partial charge in [0.1, 0.15) is 12.4 Å². The summed E-state index contributed by atoms with van der Waals surface area (Å²) in [5.74, 6) is 0.489. The molecule has 0 aromatic heterocycles. The molecular weight excluding hydrogens is 224 g/mol. The van der Waals surface area contributed by atoms with Gasteiger partial charge in [0.15, 0.2) is 0 Å². The number of halogens is 2. The fourth-order valence-corrected chi connectivity index (χ4v) is 1.81. The molecule has 0 fully saturated rings. The second kappa shape index (κ2) is 5.77. The van der Waals surface area contributed by atoms with Gasteiger partial charge in [-0.2, -0.15) is 0 Å². The van der Waals surface area contributed by atoms with Crippen molar-refractivity contribution in [3.63, 3.8) is 0 Å². The lowest BCUT2D eigenvalue weighted by atomic mass is 10.0. The Morgan fingerprint density at radius 3 is 2.59 bits per heavy atom. The molecule has 0 saturated carbocycles. The van der Waals surface area contributed by atoms with Crippen LogP contribution in [0.1, 0.15) is 12.0 Å². The molecule has 1 aliphatic heterocycles. The third-order valence-corrected chi connectivity index (χ3v) is 2.67. The largest absolute Gasteiger partial charge is 0.488 e. The Kier molecular flexibility index (Phi) is 4.09. The van der Waals surface area contributed by atoms with Crippen molar-refractivity contribution in [1.29, 1.82) is 0 Å². The molecule has 92 valence electrons. The molecule has 0 atom stereocenters. The molecule has 1 heterocycles. The van der Waals surface area contributed by atoms with Gasteiger partial charge >= 0.3 is 0 Å². The van der Waals surface area contributed by atoms with Crippen molar-refractivity contribution in [2.24, 2.45) is 0 Å². The van der Waals surface area contributed by atoms with E-state index in [1.54, 1.807) is 12.1 Å². The van der Waals surface area contributed by atoms with Gasteiger partial charge in [0.05, 0.1) is 0 Å². The van der Waals surface area contributed by atoms with Crippen LogP contribution < -0.4 is 10.1 Å². The molecule has 0 saturated heterocycles. The van der Waals surface area contributed by atoms with Crippen LogP contribution in [0, 0.1) is 0 Å². The fraction of sp³-hybridized carbons (Fsp3) is 0.385. The first-order chi connectivity index (χ1) is 8.25. The van der Waals surface area contributed by atoms with Crippen molar-refractivity contribution in [1.82, 2.24) is 5.32 Å². The zero-order valence-corrected chi connectivity index (χ0v) is 9.46. The average molecular weight is 239 g/mol. The smallest absolute Gasteiger partial charge is 0.272 e. The van der Waals surface area contributed by atoms with Crippen molar-refractivity contribution >= 4 is 5.57 Å². The first kappa shape index (κ1) is 12.0. The molecule has 4 heteroatoms. The van der Waals surface area contributed by atoms with Gasteiger partial charge in [-0.05, 0) is 36.2 Å². The molecule has 17 heavy (non-hydrogen) atoms. The summed E-state index contributed by atoms with van der Waals surface area (Å²) in [7, 11) is 0. The third kappa shape index (κ3) is 3.53. The van der Waals surface area contributed by atoms with Gasteiger partial charge in [0.25, 0.3) is 6.43 Å². The standard InChI is InChI=1S/C13H15F2NO/c14-13(15)9-17-12-3-1-10(2-4-12)11-5-7-16-8-6-11/h1-5,13,16H,6-9H2. The maximum atomic E-state index is 11.9. The van der Waals surface area contributed by atoms with Crippen LogP contribution in [0.4, 0.5) is 8.78 Å². The molecule has 1 aliphatic rings. The van der Waals surface area contributed by atoms with E-state index in [1.807, 2.05) is 12.1 Å². The topological polar surface area (TPSA) is 21.3 Å². The zero-order valence-electron chi connectivity index (χ0n) is 9.46. The predicted octanol–water partition coefficient (Wildman–Crippen LogP) is 2.71. The molecular formula is C13H15F2NO. The van der Waals surface area contributed by atoms with Crippen LogP contribution in [-0.4, -0.2) is 26.1 Å². The van der Waals surface area contributed by atoms with Crippen molar-refractivity contribution < 1.29 is 13.5 Å². The van der Waals surface area contributed by atoms with Crippen molar-refractivity contribution in [2.75, 3.05) is 19.7 Å². The number of hydrogen-bond donors (Lipinski definition) is 1. The molecule has 2 rings (SSSR count). The highest BCUT2D eigenvalue weighted by atomic mass is 19.3. The molecule has 0 radical (unpaired) electrons. The Balaban J connectivity index is 1.99. The number of hydrogen-bond acceptors (Lipinski definition) is 2. The van der Waals surface area contributed by atoms with Gasteiger partial charge in [0.2, 0.25) is 0 Å². The van der Waals surface area contributed by atoms with Gasteiger partial charge in [-0.3, -0.25) is 0 Å². The summed E-state index contributed by atoms with van der Waals surface area (Å²) in [6, 6.07) is 7.30. The number of ether oxygens (including phenoxy) is 1. The average Bonchev–Trinajstić information content (AvgIpc) is 2.38. The summed E-state index contributed by atoms with van der Waals surface area (Å²) in [5, 5.41) is 3.24. The Morgan fingerprint density at radius 2 is 2.00 bits per heavy atom. The second-order valence-electron chi connectivity index (χ2n) is 3.91. The van der Waals surface area contributed by atoms with E-state index in [0.717, 1.165) is 25.1 Å². The summed E-state index contributed by atoms with van der Waals surface area (Å²) in [5.41, 5.74) is 2.43. The lowest BCUT2D eigenvalue weighted by Gasteiger charge is -2.14. The molecule has 1 aromatic carbocycles. The number of rotatable bonds is 4. The molecule has 0 aliphatic carbocycles. The van der Waals surface area contributed by atoms with Gasteiger partial charge in [0, 0.05) is 6.54 Å². The molecule has 0 unspecified atom stereocenters. The molecule has 0 amide bonds. The first-order valence-corrected chi connectivity index (χ1v) is 5.67. The van der Waals surface area contributed by atoms with E-state index in [0.29, 0.717) is 5.75 Å². The van der Waals surface area contributed by atoms with E-state index in [1.165, 1.54) is 5.57 Å². The SMILES string of the molecule is FC(F)COc1ccc(C2=CCNCC2)cc1. The quantitative estimate of drug-likeness (QED) is 0.872. The second-order valence-corrected chi connectivity index (χ2v) is 3.91. The van der Waals surface area contributed by atoms with Crippen molar-refractivity contribution in [3.05, 3.63) is 35.9 Å². The Bertz CT molecular complexity index is 387. The van der Waals surface area contributed by atoms with Gasteiger partial charge in [-0.1, -0.05) is 18.2 Å². The molecule has 2 nitrogen and oxygen atoms in total. The Labute approximate surface area is 99.3 Å². The zero-order chi connectivity index (χ0) is 12.1. The third-order valence-electron chi connectivity index (χ3n) is 2.67. The van der Waals surface area contributed by atoms with Crippen LogP contribution in [0.15, 0.2) is 30.3 Å². The summed E-state index contributed by atoms with van der Waals surface area (Å²) in [6.07, 6.45) is 0.720. The molecule has 0 bridgehead atoms. The van der Waals surface area contributed by atoms with Crippen LogP contribution in [0.2, 0.25) is 0 Å². The minimum Gasteiger partial charge on any atom is -0.488 e. The van der Waals surface area contributed by atoms with E-state index in [2.05, 4.69) is 11.4 Å². The van der Waals surface area contributed by atoms with E-state index < -0.39 is 13.0 Å². The minimum absolute atomic E-state index is 0.489. The first-order valence-electron chi connectivity index (χ1n) is 5.67. The van der Waals surface area contributed by atoms with Gasteiger partial charge < -0.3 is 10.1 Å². The molecule has 1 N–H and O–H groups in total. The number of nitrogens with one attached hydrogen (secondary N) is 1. The summed E-state index contributed by atoms with van der Waals surface area (Å²) >= 11 is 0. The van der Waals surface area contributed by atoms with Crippen molar-refractivity contribution in [3.8, 4) is 5.75 Å². The van der Waals surface area contributed by atoms with Crippen LogP contribution in [0.3, 0.4) is 0 Å². The molecule has 0 spiro atoms. The highest BCUT2D eigenvalue weighted by Gasteiger charge is 2.07. The normalized spacial score (nSPS) is 15.8. The minimum atomic E-state index is -2.43. The lowest BCUT2D eigenvalue weighted by molar-refractivity contribution is 0.0819. The van der Waals surface area contributed by atoms with Crippen LogP contribution in [-0.2, 0) is 0 Å². The van der Waals surface area contributed by atoms with Crippen molar-refractivity contribution in [2.45, 2.75) is 12.8 Å². The summed E-state index contributed by atoms with van der Waals surface area (Å²) in [4.78, 5) is 0. The summed E-state index contributed by atoms with van der Waals surface area (Å²) in [6.45, 7) is 1.32. The summed E-state index contributed by atoms with van der Waals surface area (Å²) < 4.78 is 28.8. The van der Waals surface area contributed by atoms with E-state index in [-0.39, 0.29) is 0 Å². The molecule has 1 aromatic rings. The van der Waals surface area contributed by atoms with E-state index in [4.69, 9.17) is 4.74 Å².